The zero-order valence-corrected chi connectivity index (χ0v) is 31.9. The van der Waals surface area contributed by atoms with Crippen LogP contribution >= 0.6 is 0 Å². The van der Waals surface area contributed by atoms with Gasteiger partial charge in [-0.2, -0.15) is 0 Å². The topological polar surface area (TPSA) is 242 Å². The van der Waals surface area contributed by atoms with E-state index >= 15 is 0 Å². The van der Waals surface area contributed by atoms with Gasteiger partial charge in [-0.1, -0.05) is 13.0 Å². The average Bonchev–Trinajstić information content (AvgIpc) is 3.44. The van der Waals surface area contributed by atoms with Crippen molar-refractivity contribution >= 4 is 29.8 Å². The SMILES string of the molecule is C/C=C(\C)C(=O)O[C@H]1C[C@@H](OC(C)=O)[C@@]2(C(=O)OC)CO[C@H]3[C@@H](O)[C@@](C)([C@]45O[C@@]4(C)[C@H]4C[C@@H]5O[C@@H]5OC[C@@H](OC(C)=O)[C@]54O)[C@H]4[C@]1(CO[C@]4(O)C(=O)OC)[C@@H]32. The van der Waals surface area contributed by atoms with E-state index in [1.165, 1.54) is 19.9 Å². The lowest BCUT2D eigenvalue weighted by Gasteiger charge is -2.65. The number of methoxy groups -OCH3 is 2. The van der Waals surface area contributed by atoms with Crippen LogP contribution in [-0.2, 0) is 71.3 Å². The van der Waals surface area contributed by atoms with E-state index in [1.807, 2.05) is 0 Å². The molecule has 304 valence electrons. The van der Waals surface area contributed by atoms with E-state index in [4.69, 9.17) is 47.4 Å². The molecule has 8 rings (SSSR count). The van der Waals surface area contributed by atoms with Crippen LogP contribution in [0.25, 0.3) is 0 Å². The van der Waals surface area contributed by atoms with Crippen LogP contribution in [0.2, 0.25) is 0 Å². The van der Waals surface area contributed by atoms with Crippen molar-refractivity contribution < 1.29 is 86.7 Å². The van der Waals surface area contributed by atoms with Crippen molar-refractivity contribution in [3.63, 3.8) is 0 Å². The second kappa shape index (κ2) is 11.9. The second-order valence-corrected chi connectivity index (χ2v) is 16.7. The van der Waals surface area contributed by atoms with Crippen molar-refractivity contribution in [1.82, 2.24) is 0 Å². The van der Waals surface area contributed by atoms with Gasteiger partial charge in [-0.3, -0.25) is 14.4 Å². The molecule has 0 radical (unpaired) electrons. The zero-order chi connectivity index (χ0) is 40.1. The molecule has 0 unspecified atom stereocenters. The molecule has 18 nitrogen and oxygen atoms in total. The summed E-state index contributed by atoms with van der Waals surface area (Å²) < 4.78 is 59.9. The number of aliphatic hydroxyl groups is 3. The maximum absolute atomic E-state index is 14.3. The lowest BCUT2D eigenvalue weighted by molar-refractivity contribution is -0.318. The van der Waals surface area contributed by atoms with Gasteiger partial charge in [0, 0.05) is 54.4 Å². The van der Waals surface area contributed by atoms with Crippen molar-refractivity contribution in [3.05, 3.63) is 11.6 Å². The fraction of sp³-hybridized carbons (Fsp3) is 0.811. The first-order valence-corrected chi connectivity index (χ1v) is 18.5. The third-order valence-corrected chi connectivity index (χ3v) is 14.8. The van der Waals surface area contributed by atoms with Crippen molar-refractivity contribution in [2.75, 3.05) is 34.0 Å². The number of fused-ring (bicyclic) bond motifs is 7. The summed E-state index contributed by atoms with van der Waals surface area (Å²) in [5, 5.41) is 38.2. The van der Waals surface area contributed by atoms with Gasteiger partial charge in [0.15, 0.2) is 18.0 Å². The fourth-order valence-corrected chi connectivity index (χ4v) is 12.8. The Bertz CT molecular complexity index is 1770. The summed E-state index contributed by atoms with van der Waals surface area (Å²) in [6.45, 7) is 7.66. The largest absolute Gasteiger partial charge is 0.468 e. The summed E-state index contributed by atoms with van der Waals surface area (Å²) in [4.78, 5) is 66.8. The number of ether oxygens (including phenoxy) is 10. The van der Waals surface area contributed by atoms with Gasteiger partial charge in [0.2, 0.25) is 0 Å². The first-order chi connectivity index (χ1) is 25.8. The summed E-state index contributed by atoms with van der Waals surface area (Å²) >= 11 is 0. The van der Waals surface area contributed by atoms with E-state index in [2.05, 4.69) is 0 Å². The van der Waals surface area contributed by atoms with Crippen LogP contribution in [0.3, 0.4) is 0 Å². The van der Waals surface area contributed by atoms with Crippen LogP contribution in [0.4, 0.5) is 0 Å². The molecule has 0 aromatic carbocycles. The normalized spacial score (nSPS) is 52.5. The number of aliphatic hydroxyl groups excluding tert-OH is 1. The standard InChI is InChI=1S/C37H48O18/c1-9-15(2)26(41)53-19-11-20(51-16(3)38)34(28(42)46-7)13-49-23-24(34)33(19)14-50-36(45,29(43)47-8)27(33)31(5,25(23)40)37-21-10-18(32(37,6)55-37)35(44)22(52-17(4)39)12-48-30(35)54-21/h9,18-25,27,30,40,44-45H,10-14H2,1-8H3/b15-9+/t18-,19+,20-,21+,22-,23-,24-,25-,27+,30+,31-,32+,33+,34+,35+,36+,37+/m1/s1. The molecule has 0 amide bonds. The van der Waals surface area contributed by atoms with Crippen molar-refractivity contribution in [1.29, 1.82) is 0 Å². The minimum Gasteiger partial charge on any atom is -0.468 e. The molecule has 8 aliphatic rings. The Morgan fingerprint density at radius 1 is 0.836 bits per heavy atom. The van der Waals surface area contributed by atoms with Crippen molar-refractivity contribution in [3.8, 4) is 0 Å². The van der Waals surface area contributed by atoms with E-state index in [0.29, 0.717) is 0 Å². The zero-order valence-electron chi connectivity index (χ0n) is 31.9. The molecule has 2 bridgehead atoms. The fourth-order valence-electron chi connectivity index (χ4n) is 12.8. The van der Waals surface area contributed by atoms with E-state index in [9.17, 15) is 39.3 Å². The third-order valence-electron chi connectivity index (χ3n) is 14.8. The Morgan fingerprint density at radius 3 is 2.11 bits per heavy atom. The maximum Gasteiger partial charge on any atom is 0.366 e. The Labute approximate surface area is 315 Å². The molecule has 5 saturated heterocycles. The monoisotopic (exact) mass is 780 g/mol. The number of rotatable bonds is 7. The van der Waals surface area contributed by atoms with Gasteiger partial charge in [-0.15, -0.1) is 0 Å². The van der Waals surface area contributed by atoms with Crippen LogP contribution in [0, 0.1) is 34.0 Å². The lowest BCUT2D eigenvalue weighted by Crippen LogP contribution is -2.79. The average molecular weight is 781 g/mol. The molecule has 17 atom stereocenters. The predicted molar refractivity (Wildman–Crippen MR) is 176 cm³/mol. The minimum atomic E-state index is -2.89. The summed E-state index contributed by atoms with van der Waals surface area (Å²) in [5.74, 6) is -11.0. The number of carbonyl (C=O) groups excluding carboxylic acids is 5. The van der Waals surface area contributed by atoms with Gasteiger partial charge in [-0.05, 0) is 27.2 Å². The number of epoxide rings is 1. The summed E-state index contributed by atoms with van der Waals surface area (Å²) in [5.41, 5.74) is -10.3. The Kier molecular flexibility index (Phi) is 8.36. The van der Waals surface area contributed by atoms with Gasteiger partial charge >= 0.3 is 29.8 Å². The smallest absolute Gasteiger partial charge is 0.366 e. The molecule has 0 aromatic heterocycles. The van der Waals surface area contributed by atoms with Crippen LogP contribution in [0.1, 0.15) is 54.4 Å². The lowest BCUT2D eigenvalue weighted by atomic mass is 9.37. The Balaban J connectivity index is 1.37. The molecule has 3 saturated carbocycles. The molecular weight excluding hydrogens is 732 g/mol. The summed E-state index contributed by atoms with van der Waals surface area (Å²) in [6, 6.07) is 0. The van der Waals surface area contributed by atoms with E-state index in [0.717, 1.165) is 21.1 Å². The summed E-state index contributed by atoms with van der Waals surface area (Å²) in [7, 11) is 2.19. The Hall–Kier alpha value is -3.23. The van der Waals surface area contributed by atoms with Gasteiger partial charge in [0.25, 0.3) is 5.79 Å². The molecule has 1 spiro atoms. The van der Waals surface area contributed by atoms with Crippen LogP contribution in [0.15, 0.2) is 11.6 Å². The van der Waals surface area contributed by atoms with E-state index in [1.54, 1.807) is 20.8 Å². The first-order valence-electron chi connectivity index (χ1n) is 18.5. The maximum atomic E-state index is 14.3. The van der Waals surface area contributed by atoms with Crippen LogP contribution in [0.5, 0.6) is 0 Å². The molecule has 3 aliphatic carbocycles. The molecule has 55 heavy (non-hydrogen) atoms. The number of carbonyl (C=O) groups is 5. The quantitative estimate of drug-likeness (QED) is 0.124. The molecule has 5 heterocycles. The molecule has 0 aromatic rings. The molecular formula is C37H48O18. The number of hydrogen-bond acceptors (Lipinski definition) is 18. The van der Waals surface area contributed by atoms with Crippen LogP contribution in [-0.4, -0.2) is 145 Å². The molecule has 18 heteroatoms. The highest BCUT2D eigenvalue weighted by Gasteiger charge is 2.97. The molecule has 3 N–H and O–H groups in total. The predicted octanol–water partition coefficient (Wildman–Crippen LogP) is -0.785. The highest BCUT2D eigenvalue weighted by molar-refractivity contribution is 5.88. The highest BCUT2D eigenvalue weighted by Crippen LogP contribution is 2.83. The van der Waals surface area contributed by atoms with Gasteiger partial charge in [0.05, 0.1) is 52.4 Å². The van der Waals surface area contributed by atoms with Gasteiger partial charge in [-0.25, -0.2) is 9.59 Å². The van der Waals surface area contributed by atoms with Crippen molar-refractivity contribution in [2.45, 2.75) is 120 Å². The Morgan fingerprint density at radius 2 is 1.49 bits per heavy atom. The highest BCUT2D eigenvalue weighted by atomic mass is 16.8. The molecule has 5 aliphatic heterocycles. The second-order valence-electron chi connectivity index (χ2n) is 16.7. The molecule has 8 fully saturated rings. The van der Waals surface area contributed by atoms with Crippen LogP contribution < -0.4 is 0 Å². The van der Waals surface area contributed by atoms with E-state index in [-0.39, 0.29) is 25.0 Å². The van der Waals surface area contributed by atoms with E-state index < -0.39 is 143 Å². The van der Waals surface area contributed by atoms with Gasteiger partial charge in [0.1, 0.15) is 28.8 Å². The third kappa shape index (κ3) is 4.24. The number of hydrogen-bond donors (Lipinski definition) is 3. The summed E-state index contributed by atoms with van der Waals surface area (Å²) in [6.07, 6.45) is -7.88. The number of allylic oxidation sites excluding steroid dienone is 1. The first kappa shape index (κ1) is 38.6. The van der Waals surface area contributed by atoms with Crippen molar-refractivity contribution in [2.24, 2.45) is 34.0 Å². The number of esters is 5. The minimum absolute atomic E-state index is 0.110. The van der Waals surface area contributed by atoms with Gasteiger partial charge < -0.3 is 62.7 Å².